The average Bonchev–Trinajstić information content (AvgIpc) is 3.93. The normalized spacial score (nSPS) is 12.6. The van der Waals surface area contributed by atoms with E-state index in [9.17, 15) is 0 Å². The predicted molar refractivity (Wildman–Crippen MR) is 280 cm³/mol. The van der Waals surface area contributed by atoms with E-state index in [2.05, 4.69) is 254 Å². The number of benzene rings is 11. The lowest BCUT2D eigenvalue weighted by Crippen LogP contribution is -2.28. The number of rotatable bonds is 8. The van der Waals surface area contributed by atoms with Crippen LogP contribution < -0.4 is 4.90 Å². The van der Waals surface area contributed by atoms with E-state index in [4.69, 9.17) is 4.42 Å². The zero-order valence-electron chi connectivity index (χ0n) is 36.7. The third kappa shape index (κ3) is 6.26. The van der Waals surface area contributed by atoms with Gasteiger partial charge in [-0.15, -0.1) is 0 Å². The maximum absolute atomic E-state index is 6.31. The number of hydrogen-bond donors (Lipinski definition) is 0. The van der Waals surface area contributed by atoms with Crippen molar-refractivity contribution in [1.29, 1.82) is 0 Å². The Kier molecular flexibility index (Phi) is 9.11. The van der Waals surface area contributed by atoms with Gasteiger partial charge in [-0.1, -0.05) is 206 Å². The summed E-state index contributed by atoms with van der Waals surface area (Å²) >= 11 is 0. The number of hydrogen-bond acceptors (Lipinski definition) is 2. The zero-order valence-corrected chi connectivity index (χ0v) is 36.7. The molecular weight excluding hydrogens is 811 g/mol. The molecule has 0 spiro atoms. The van der Waals surface area contributed by atoms with Gasteiger partial charge in [0.25, 0.3) is 0 Å². The van der Waals surface area contributed by atoms with Crippen molar-refractivity contribution >= 4 is 49.8 Å². The average molecular weight is 854 g/mol. The SMILES string of the molecule is c1ccc(-c2ccc(N(c3ccc(-c4cccc5oc6ccccc6c45)cc3)c3ccc4c(c3)C(c3ccccc3)(c3ccccc3)c3ccc(-c5cccc6ccccc56)cc3-4)cc2)cc1. The summed E-state index contributed by atoms with van der Waals surface area (Å²) in [6.07, 6.45) is 0. The van der Waals surface area contributed by atoms with Crippen molar-refractivity contribution in [3.63, 3.8) is 0 Å². The Balaban J connectivity index is 1.02. The first-order valence-electron chi connectivity index (χ1n) is 23.1. The van der Waals surface area contributed by atoms with E-state index < -0.39 is 5.41 Å². The number of para-hydroxylation sites is 1. The Morgan fingerprint density at radius 2 is 0.836 bits per heavy atom. The Morgan fingerprint density at radius 1 is 0.299 bits per heavy atom. The van der Waals surface area contributed by atoms with Gasteiger partial charge < -0.3 is 9.32 Å². The lowest BCUT2D eigenvalue weighted by Gasteiger charge is -2.35. The lowest BCUT2D eigenvalue weighted by molar-refractivity contribution is 0.669. The second-order valence-electron chi connectivity index (χ2n) is 17.6. The second kappa shape index (κ2) is 15.8. The maximum atomic E-state index is 6.31. The van der Waals surface area contributed by atoms with E-state index in [1.54, 1.807) is 0 Å². The molecule has 0 aliphatic heterocycles. The summed E-state index contributed by atoms with van der Waals surface area (Å²) in [6.45, 7) is 0. The van der Waals surface area contributed by atoms with Crippen LogP contribution in [-0.2, 0) is 5.41 Å². The standard InChI is InChI=1S/C65H43NO/c1-4-16-44(17-5-1)45-30-35-51(36-31-45)66(52-37-32-47(33-38-52)56-27-15-29-63-64(56)58-25-12-13-28-62(58)67-63)53-39-40-57-59-42-48(55-26-14-19-46-18-10-11-24-54(46)55)34-41-60(59)65(61(57)43-53,49-20-6-2-7-21-49)50-22-8-3-9-23-50/h1-43H. The van der Waals surface area contributed by atoms with Crippen LogP contribution in [0.4, 0.5) is 17.1 Å². The molecule has 314 valence electrons. The van der Waals surface area contributed by atoms with Gasteiger partial charge in [0.05, 0.1) is 5.41 Å². The molecule has 1 aliphatic carbocycles. The molecule has 2 nitrogen and oxygen atoms in total. The minimum atomic E-state index is -0.584. The van der Waals surface area contributed by atoms with Gasteiger partial charge >= 0.3 is 0 Å². The van der Waals surface area contributed by atoms with Crippen LogP contribution in [0.1, 0.15) is 22.3 Å². The lowest BCUT2D eigenvalue weighted by atomic mass is 9.67. The fourth-order valence-corrected chi connectivity index (χ4v) is 11.0. The van der Waals surface area contributed by atoms with E-state index >= 15 is 0 Å². The molecule has 0 amide bonds. The monoisotopic (exact) mass is 853 g/mol. The van der Waals surface area contributed by atoms with Gasteiger partial charge in [-0.25, -0.2) is 0 Å². The van der Waals surface area contributed by atoms with Gasteiger partial charge in [-0.05, 0) is 132 Å². The maximum Gasteiger partial charge on any atom is 0.136 e. The Bertz CT molecular complexity index is 3730. The molecule has 1 aliphatic rings. The van der Waals surface area contributed by atoms with Crippen LogP contribution >= 0.6 is 0 Å². The molecule has 0 unspecified atom stereocenters. The van der Waals surface area contributed by atoms with E-state index in [0.717, 1.165) is 50.1 Å². The molecule has 13 rings (SSSR count). The first kappa shape index (κ1) is 38.7. The highest BCUT2D eigenvalue weighted by Gasteiger charge is 2.46. The van der Waals surface area contributed by atoms with E-state index in [0.29, 0.717) is 0 Å². The summed E-state index contributed by atoms with van der Waals surface area (Å²) < 4.78 is 6.31. The first-order chi connectivity index (χ1) is 33.2. The van der Waals surface area contributed by atoms with Gasteiger partial charge in [-0.3, -0.25) is 0 Å². The highest BCUT2D eigenvalue weighted by Crippen LogP contribution is 2.58. The third-order valence-electron chi connectivity index (χ3n) is 14.0. The summed E-state index contributed by atoms with van der Waals surface area (Å²) in [4.78, 5) is 2.41. The molecule has 2 heteroatoms. The van der Waals surface area contributed by atoms with Crippen molar-refractivity contribution < 1.29 is 4.42 Å². The van der Waals surface area contributed by atoms with Gasteiger partial charge in [0, 0.05) is 27.8 Å². The van der Waals surface area contributed by atoms with Crippen molar-refractivity contribution in [1.82, 2.24) is 0 Å². The topological polar surface area (TPSA) is 16.4 Å². The van der Waals surface area contributed by atoms with Crippen LogP contribution in [0.25, 0.3) is 77.2 Å². The minimum absolute atomic E-state index is 0.584. The fourth-order valence-electron chi connectivity index (χ4n) is 11.0. The van der Waals surface area contributed by atoms with Gasteiger partial charge in [0.1, 0.15) is 11.2 Å². The van der Waals surface area contributed by atoms with Gasteiger partial charge in [0.15, 0.2) is 0 Å². The molecule has 0 radical (unpaired) electrons. The number of anilines is 3. The highest BCUT2D eigenvalue weighted by molar-refractivity contribution is 6.12. The summed E-state index contributed by atoms with van der Waals surface area (Å²) in [5.41, 5.74) is 19.1. The predicted octanol–water partition coefficient (Wildman–Crippen LogP) is 17.6. The van der Waals surface area contributed by atoms with Gasteiger partial charge in [-0.2, -0.15) is 0 Å². The summed E-state index contributed by atoms with van der Waals surface area (Å²) in [5, 5.41) is 4.76. The van der Waals surface area contributed by atoms with Crippen LogP contribution in [0.5, 0.6) is 0 Å². The van der Waals surface area contributed by atoms with Crippen molar-refractivity contribution in [3.8, 4) is 44.5 Å². The highest BCUT2D eigenvalue weighted by atomic mass is 16.3. The van der Waals surface area contributed by atoms with Crippen LogP contribution in [0.2, 0.25) is 0 Å². The van der Waals surface area contributed by atoms with Crippen LogP contribution in [0.15, 0.2) is 265 Å². The molecule has 0 atom stereocenters. The number of nitrogens with zero attached hydrogens (tertiary/aromatic N) is 1. The molecule has 12 aromatic rings. The van der Waals surface area contributed by atoms with E-state index in [1.165, 1.54) is 66.4 Å². The second-order valence-corrected chi connectivity index (χ2v) is 17.6. The quantitative estimate of drug-likeness (QED) is 0.151. The fraction of sp³-hybridized carbons (Fsp3) is 0.0154. The first-order valence-corrected chi connectivity index (χ1v) is 23.1. The largest absolute Gasteiger partial charge is 0.456 e. The van der Waals surface area contributed by atoms with E-state index in [-0.39, 0.29) is 0 Å². The van der Waals surface area contributed by atoms with Gasteiger partial charge in [0.2, 0.25) is 0 Å². The molecule has 0 saturated heterocycles. The summed E-state index contributed by atoms with van der Waals surface area (Å²) in [6, 6.07) is 95.2. The Hall–Kier alpha value is -8.72. The Morgan fingerprint density at radius 3 is 1.57 bits per heavy atom. The number of furan rings is 1. The summed E-state index contributed by atoms with van der Waals surface area (Å²) in [7, 11) is 0. The molecule has 0 fully saturated rings. The van der Waals surface area contributed by atoms with E-state index in [1.807, 2.05) is 12.1 Å². The molecule has 1 heterocycles. The van der Waals surface area contributed by atoms with Crippen LogP contribution in [0.3, 0.4) is 0 Å². The van der Waals surface area contributed by atoms with Crippen LogP contribution in [0, 0.1) is 0 Å². The molecular formula is C65H43NO. The molecule has 67 heavy (non-hydrogen) atoms. The molecule has 0 N–H and O–H groups in total. The zero-order chi connectivity index (χ0) is 44.3. The summed E-state index contributed by atoms with van der Waals surface area (Å²) in [5.74, 6) is 0. The third-order valence-corrected chi connectivity index (χ3v) is 14.0. The number of fused-ring (bicyclic) bond motifs is 7. The molecule has 0 saturated carbocycles. The molecule has 0 bridgehead atoms. The molecule has 1 aromatic heterocycles. The van der Waals surface area contributed by atoms with Crippen molar-refractivity contribution in [2.24, 2.45) is 0 Å². The van der Waals surface area contributed by atoms with Crippen LogP contribution in [-0.4, -0.2) is 0 Å². The smallest absolute Gasteiger partial charge is 0.136 e. The van der Waals surface area contributed by atoms with Crippen molar-refractivity contribution in [3.05, 3.63) is 283 Å². The van der Waals surface area contributed by atoms with Crippen molar-refractivity contribution in [2.75, 3.05) is 4.90 Å². The minimum Gasteiger partial charge on any atom is -0.456 e. The van der Waals surface area contributed by atoms with Crippen molar-refractivity contribution in [2.45, 2.75) is 5.41 Å². The Labute approximate surface area is 390 Å². The molecule has 11 aromatic carbocycles.